The van der Waals surface area contributed by atoms with Gasteiger partial charge in [0.2, 0.25) is 0 Å². The molecule has 0 saturated heterocycles. The molecule has 0 atom stereocenters. The van der Waals surface area contributed by atoms with Crippen molar-refractivity contribution in [2.45, 2.75) is 6.92 Å². The highest BCUT2D eigenvalue weighted by Crippen LogP contribution is 2.26. The third-order valence-electron chi connectivity index (χ3n) is 3.65. The molecule has 1 N–H and O–H groups in total. The van der Waals surface area contributed by atoms with Crippen molar-refractivity contribution in [2.24, 2.45) is 0 Å². The number of nitrogens with zero attached hydrogens (tertiary/aromatic N) is 1. The van der Waals surface area contributed by atoms with Crippen molar-refractivity contribution < 1.29 is 18.8 Å². The van der Waals surface area contributed by atoms with E-state index in [1.54, 1.807) is 31.2 Å². The molecule has 0 spiro atoms. The van der Waals surface area contributed by atoms with Crippen LogP contribution in [-0.2, 0) is 9.53 Å². The van der Waals surface area contributed by atoms with Crippen LogP contribution in [0.2, 0.25) is 10.0 Å². The van der Waals surface area contributed by atoms with E-state index in [9.17, 15) is 9.59 Å². The fraction of sp³-hybridized carbons (Fsp3) is 0.105. The minimum Gasteiger partial charge on any atom is -0.452 e. The van der Waals surface area contributed by atoms with Crippen molar-refractivity contribution in [1.82, 2.24) is 5.16 Å². The second-order valence-corrected chi connectivity index (χ2v) is 6.42. The van der Waals surface area contributed by atoms with Gasteiger partial charge >= 0.3 is 5.97 Å². The maximum atomic E-state index is 12.4. The van der Waals surface area contributed by atoms with Gasteiger partial charge in [-0.2, -0.15) is 0 Å². The molecule has 3 rings (SSSR count). The van der Waals surface area contributed by atoms with Crippen LogP contribution in [0.15, 0.2) is 53.1 Å². The number of ether oxygens (including phenoxy) is 1. The third-order valence-corrected chi connectivity index (χ3v) is 4.20. The zero-order valence-corrected chi connectivity index (χ0v) is 15.7. The first-order valence-corrected chi connectivity index (χ1v) is 8.65. The number of rotatable bonds is 5. The molecule has 0 aliphatic carbocycles. The van der Waals surface area contributed by atoms with Gasteiger partial charge < -0.3 is 14.6 Å². The van der Waals surface area contributed by atoms with E-state index >= 15 is 0 Å². The Morgan fingerprint density at radius 1 is 1.15 bits per heavy atom. The Balaban J connectivity index is 1.68. The van der Waals surface area contributed by atoms with E-state index < -0.39 is 18.5 Å². The van der Waals surface area contributed by atoms with Crippen molar-refractivity contribution in [3.05, 3.63) is 69.9 Å². The van der Waals surface area contributed by atoms with Gasteiger partial charge in [0.15, 0.2) is 6.61 Å². The predicted molar refractivity (Wildman–Crippen MR) is 102 cm³/mol. The van der Waals surface area contributed by atoms with Crippen molar-refractivity contribution in [3.8, 4) is 11.3 Å². The van der Waals surface area contributed by atoms with E-state index in [1.165, 1.54) is 6.07 Å². The number of esters is 1. The summed E-state index contributed by atoms with van der Waals surface area (Å²) in [7, 11) is 0. The van der Waals surface area contributed by atoms with Gasteiger partial charge in [-0.25, -0.2) is 4.79 Å². The molecule has 0 saturated carbocycles. The number of halogens is 2. The molecule has 1 heterocycles. The van der Waals surface area contributed by atoms with Crippen LogP contribution >= 0.6 is 23.2 Å². The summed E-state index contributed by atoms with van der Waals surface area (Å²) >= 11 is 11.8. The van der Waals surface area contributed by atoms with E-state index in [2.05, 4.69) is 10.5 Å². The fourth-order valence-corrected chi connectivity index (χ4v) is 2.84. The van der Waals surface area contributed by atoms with Gasteiger partial charge in [0, 0.05) is 10.6 Å². The van der Waals surface area contributed by atoms with Crippen molar-refractivity contribution in [1.29, 1.82) is 0 Å². The lowest BCUT2D eigenvalue weighted by molar-refractivity contribution is -0.119. The lowest BCUT2D eigenvalue weighted by Crippen LogP contribution is -2.21. The minimum absolute atomic E-state index is 0.179. The highest BCUT2D eigenvalue weighted by molar-refractivity contribution is 6.36. The molecular formula is C19H14Cl2N2O4. The standard InChI is InChI=1S/C19H14Cl2N2O4/c1-11-17(18(23-27-11)12-5-3-2-4-6-12)19(25)26-10-16(24)22-15-8-7-13(20)9-14(15)21/h2-9H,10H2,1H3,(H,22,24). The first-order chi connectivity index (χ1) is 13.0. The van der Waals surface area contributed by atoms with E-state index in [4.69, 9.17) is 32.5 Å². The Morgan fingerprint density at radius 3 is 2.59 bits per heavy atom. The number of hydrogen-bond acceptors (Lipinski definition) is 5. The lowest BCUT2D eigenvalue weighted by Gasteiger charge is -2.08. The Morgan fingerprint density at radius 2 is 1.89 bits per heavy atom. The molecule has 0 aliphatic rings. The van der Waals surface area contributed by atoms with Gasteiger partial charge in [0.1, 0.15) is 17.0 Å². The van der Waals surface area contributed by atoms with Crippen LogP contribution < -0.4 is 5.32 Å². The summed E-state index contributed by atoms with van der Waals surface area (Å²) in [6.45, 7) is 1.11. The predicted octanol–water partition coefficient (Wildman–Crippen LogP) is 4.75. The first-order valence-electron chi connectivity index (χ1n) is 7.89. The van der Waals surface area contributed by atoms with Crippen LogP contribution in [0.1, 0.15) is 16.1 Å². The lowest BCUT2D eigenvalue weighted by atomic mass is 10.1. The van der Waals surface area contributed by atoms with Crippen molar-refractivity contribution in [2.75, 3.05) is 11.9 Å². The van der Waals surface area contributed by atoms with Crippen LogP contribution in [0.5, 0.6) is 0 Å². The quantitative estimate of drug-likeness (QED) is 0.620. The molecular weight excluding hydrogens is 391 g/mol. The molecule has 1 aromatic heterocycles. The zero-order chi connectivity index (χ0) is 19.4. The SMILES string of the molecule is Cc1onc(-c2ccccc2)c1C(=O)OCC(=O)Nc1ccc(Cl)cc1Cl. The van der Waals surface area contributed by atoms with Crippen molar-refractivity contribution >= 4 is 40.8 Å². The van der Waals surface area contributed by atoms with Gasteiger partial charge in [-0.3, -0.25) is 4.79 Å². The average Bonchev–Trinajstić information content (AvgIpc) is 3.04. The van der Waals surface area contributed by atoms with Crippen LogP contribution in [-0.4, -0.2) is 23.6 Å². The first kappa shape index (κ1) is 18.9. The van der Waals surface area contributed by atoms with E-state index in [-0.39, 0.29) is 10.6 Å². The molecule has 0 aliphatic heterocycles. The summed E-state index contributed by atoms with van der Waals surface area (Å²) in [5, 5.41) is 7.19. The molecule has 2 aromatic carbocycles. The molecule has 138 valence electrons. The average molecular weight is 405 g/mol. The molecule has 0 unspecified atom stereocenters. The Hall–Kier alpha value is -2.83. The van der Waals surface area contributed by atoms with Crippen LogP contribution in [0, 0.1) is 6.92 Å². The molecule has 6 nitrogen and oxygen atoms in total. The maximum absolute atomic E-state index is 12.4. The second-order valence-electron chi connectivity index (χ2n) is 5.58. The minimum atomic E-state index is -0.704. The summed E-state index contributed by atoms with van der Waals surface area (Å²) in [6.07, 6.45) is 0. The van der Waals surface area contributed by atoms with E-state index in [0.717, 1.165) is 0 Å². The van der Waals surface area contributed by atoms with Gasteiger partial charge in [0.25, 0.3) is 5.91 Å². The van der Waals surface area contributed by atoms with Gasteiger partial charge in [-0.1, -0.05) is 58.7 Å². The smallest absolute Gasteiger partial charge is 0.344 e. The summed E-state index contributed by atoms with van der Waals surface area (Å²) in [5.74, 6) is -0.937. The Labute approximate surface area is 165 Å². The highest BCUT2D eigenvalue weighted by atomic mass is 35.5. The molecule has 0 fully saturated rings. The topological polar surface area (TPSA) is 81.4 Å². The number of aromatic nitrogens is 1. The monoisotopic (exact) mass is 404 g/mol. The number of carbonyl (C=O) groups is 2. The molecule has 3 aromatic rings. The third kappa shape index (κ3) is 4.48. The number of benzene rings is 2. The maximum Gasteiger partial charge on any atom is 0.344 e. The second kappa shape index (κ2) is 8.24. The molecule has 27 heavy (non-hydrogen) atoms. The van der Waals surface area contributed by atoms with E-state index in [0.29, 0.717) is 27.7 Å². The number of carbonyl (C=O) groups excluding carboxylic acids is 2. The Kier molecular flexibility index (Phi) is 5.78. The number of amides is 1. The summed E-state index contributed by atoms with van der Waals surface area (Å²) in [6, 6.07) is 13.7. The summed E-state index contributed by atoms with van der Waals surface area (Å²) in [4.78, 5) is 24.5. The van der Waals surface area contributed by atoms with Crippen molar-refractivity contribution in [3.63, 3.8) is 0 Å². The number of nitrogens with one attached hydrogen (secondary N) is 1. The van der Waals surface area contributed by atoms with Crippen LogP contribution in [0.4, 0.5) is 5.69 Å². The summed E-state index contributed by atoms with van der Waals surface area (Å²) in [5.41, 5.74) is 1.62. The fourth-order valence-electron chi connectivity index (χ4n) is 2.39. The molecule has 0 bridgehead atoms. The van der Waals surface area contributed by atoms with Gasteiger partial charge in [-0.15, -0.1) is 0 Å². The van der Waals surface area contributed by atoms with E-state index in [1.807, 2.05) is 18.2 Å². The normalized spacial score (nSPS) is 10.5. The number of hydrogen-bond donors (Lipinski definition) is 1. The largest absolute Gasteiger partial charge is 0.452 e. The zero-order valence-electron chi connectivity index (χ0n) is 14.2. The summed E-state index contributed by atoms with van der Waals surface area (Å²) < 4.78 is 10.2. The number of anilines is 1. The van der Waals surface area contributed by atoms with Crippen LogP contribution in [0.3, 0.4) is 0 Å². The number of aryl methyl sites for hydroxylation is 1. The Bertz CT molecular complexity index is 987. The molecule has 1 amide bonds. The highest BCUT2D eigenvalue weighted by Gasteiger charge is 2.23. The van der Waals surface area contributed by atoms with Gasteiger partial charge in [0.05, 0.1) is 10.7 Å². The molecule has 8 heteroatoms. The van der Waals surface area contributed by atoms with Gasteiger partial charge in [-0.05, 0) is 25.1 Å². The molecule has 0 radical (unpaired) electrons. The van der Waals surface area contributed by atoms with Crippen LogP contribution in [0.25, 0.3) is 11.3 Å².